The van der Waals surface area contributed by atoms with Crippen molar-refractivity contribution < 1.29 is 17.5 Å². The fourth-order valence-corrected chi connectivity index (χ4v) is 4.80. The molecule has 2 aromatic heterocycles. The number of aromatic nitrogens is 3. The molecular formula is C22H26FN5O4S. The summed E-state index contributed by atoms with van der Waals surface area (Å²) in [5.74, 6) is -0.155. The summed E-state index contributed by atoms with van der Waals surface area (Å²) in [5, 5.41) is 3.54. The number of morpholine rings is 1. The second-order valence-electron chi connectivity index (χ2n) is 8.26. The van der Waals surface area contributed by atoms with Crippen LogP contribution >= 0.6 is 0 Å². The lowest BCUT2D eigenvalue weighted by atomic mass is 10.0. The van der Waals surface area contributed by atoms with Crippen LogP contribution in [0.2, 0.25) is 0 Å². The number of anilines is 2. The molecule has 0 saturated carbocycles. The van der Waals surface area contributed by atoms with E-state index in [0.29, 0.717) is 48.7 Å². The molecule has 0 aliphatic carbocycles. The molecule has 33 heavy (non-hydrogen) atoms. The van der Waals surface area contributed by atoms with Crippen molar-refractivity contribution in [2.45, 2.75) is 24.8 Å². The summed E-state index contributed by atoms with van der Waals surface area (Å²) in [7, 11) is -2.02. The molecule has 0 bridgehead atoms. The molecule has 1 aliphatic heterocycles. The minimum atomic E-state index is -3.72. The molecule has 0 unspecified atom stereocenters. The summed E-state index contributed by atoms with van der Waals surface area (Å²) in [6, 6.07) is 4.17. The van der Waals surface area contributed by atoms with Gasteiger partial charge in [0.1, 0.15) is 16.5 Å². The van der Waals surface area contributed by atoms with Gasteiger partial charge >= 0.3 is 0 Å². The number of aryl methyl sites for hydroxylation is 1. The van der Waals surface area contributed by atoms with E-state index in [4.69, 9.17) is 9.72 Å². The van der Waals surface area contributed by atoms with Crippen molar-refractivity contribution in [1.82, 2.24) is 14.5 Å². The van der Waals surface area contributed by atoms with Crippen LogP contribution in [-0.2, 0) is 21.6 Å². The number of nitrogens with one attached hydrogen (secondary N) is 1. The second kappa shape index (κ2) is 8.71. The lowest BCUT2D eigenvalue weighted by Gasteiger charge is -2.29. The molecular weight excluding hydrogens is 449 g/mol. The Hall–Kier alpha value is -3.05. The Labute approximate surface area is 191 Å². The van der Waals surface area contributed by atoms with Crippen molar-refractivity contribution in [2.75, 3.05) is 42.8 Å². The maximum Gasteiger partial charge on any atom is 0.262 e. The minimum Gasteiger partial charge on any atom is -0.378 e. The number of fused-ring (bicyclic) bond motifs is 1. The van der Waals surface area contributed by atoms with Crippen LogP contribution in [0.4, 0.5) is 16.2 Å². The first-order valence-corrected chi connectivity index (χ1v) is 12.4. The van der Waals surface area contributed by atoms with Gasteiger partial charge in [-0.05, 0) is 31.5 Å². The maximum atomic E-state index is 13.7. The fraction of sp³-hybridized carbons (Fsp3) is 0.409. The highest BCUT2D eigenvalue weighted by molar-refractivity contribution is 7.90. The average molecular weight is 476 g/mol. The van der Waals surface area contributed by atoms with E-state index in [2.05, 4.69) is 10.3 Å². The van der Waals surface area contributed by atoms with Crippen molar-refractivity contribution in [3.63, 3.8) is 0 Å². The molecule has 1 atom stereocenters. The first-order valence-electron chi connectivity index (χ1n) is 10.5. The zero-order chi connectivity index (χ0) is 23.9. The number of hydrogen-bond acceptors (Lipinski definition) is 8. The standard InChI is InChI=1S/C22H26FN5O4S/c1-13-9-16(14(2)25-20-18(33(4,30)31)11-15(23)12-24-20)19-17(10-13)21(29)27(3)22(26-19)28-5-7-32-8-6-28/h9-12,14H,5-8H2,1-4H3,(H,24,25)/t14-/m1/s1. The topological polar surface area (TPSA) is 106 Å². The minimum absolute atomic E-state index is 0.0401. The Bertz CT molecular complexity index is 1380. The van der Waals surface area contributed by atoms with Gasteiger partial charge in [0.25, 0.3) is 5.56 Å². The van der Waals surface area contributed by atoms with Crippen molar-refractivity contribution in [2.24, 2.45) is 7.05 Å². The lowest BCUT2D eigenvalue weighted by Crippen LogP contribution is -2.40. The number of ether oxygens (including phenoxy) is 1. The van der Waals surface area contributed by atoms with Crippen molar-refractivity contribution in [3.05, 3.63) is 51.7 Å². The van der Waals surface area contributed by atoms with E-state index in [0.717, 1.165) is 24.1 Å². The van der Waals surface area contributed by atoms with E-state index in [1.54, 1.807) is 13.1 Å². The number of benzene rings is 1. The van der Waals surface area contributed by atoms with Crippen LogP contribution in [0, 0.1) is 12.7 Å². The van der Waals surface area contributed by atoms with Gasteiger partial charge in [-0.3, -0.25) is 9.36 Å². The molecule has 1 aromatic carbocycles. The molecule has 0 amide bonds. The Morgan fingerprint density at radius 1 is 1.21 bits per heavy atom. The Morgan fingerprint density at radius 3 is 2.58 bits per heavy atom. The summed E-state index contributed by atoms with van der Waals surface area (Å²) in [4.78, 5) is 23.8. The van der Waals surface area contributed by atoms with E-state index in [9.17, 15) is 17.6 Å². The fourth-order valence-electron chi connectivity index (χ4n) is 4.01. The first-order chi connectivity index (χ1) is 15.6. The third-order valence-corrected chi connectivity index (χ3v) is 6.77. The maximum absolute atomic E-state index is 13.7. The number of hydrogen-bond donors (Lipinski definition) is 1. The largest absolute Gasteiger partial charge is 0.378 e. The van der Waals surface area contributed by atoms with Gasteiger partial charge in [0.15, 0.2) is 9.84 Å². The molecule has 1 aliphatic rings. The number of halogens is 1. The van der Waals surface area contributed by atoms with Gasteiger partial charge in [0.2, 0.25) is 5.95 Å². The lowest BCUT2D eigenvalue weighted by molar-refractivity contribution is 0.121. The first kappa shape index (κ1) is 23.1. The van der Waals surface area contributed by atoms with Crippen molar-refractivity contribution >= 4 is 32.5 Å². The number of pyridine rings is 1. The molecule has 0 radical (unpaired) electrons. The Morgan fingerprint density at radius 2 is 1.91 bits per heavy atom. The van der Waals surface area contributed by atoms with E-state index in [1.807, 2.05) is 24.8 Å². The number of sulfone groups is 1. The van der Waals surface area contributed by atoms with Crippen LogP contribution in [0.15, 0.2) is 34.1 Å². The highest BCUT2D eigenvalue weighted by atomic mass is 32.2. The third kappa shape index (κ3) is 4.55. The summed E-state index contributed by atoms with van der Waals surface area (Å²) in [5.41, 5.74) is 1.92. The van der Waals surface area contributed by atoms with Gasteiger partial charge in [0, 0.05) is 32.0 Å². The SMILES string of the molecule is Cc1cc([C@@H](C)Nc2ncc(F)cc2S(C)(=O)=O)c2nc(N3CCOCC3)n(C)c(=O)c2c1. The second-order valence-corrected chi connectivity index (χ2v) is 10.2. The van der Waals surface area contributed by atoms with Gasteiger partial charge in [-0.1, -0.05) is 6.07 Å². The van der Waals surface area contributed by atoms with E-state index in [-0.39, 0.29) is 16.3 Å². The molecule has 3 heterocycles. The van der Waals surface area contributed by atoms with Crippen molar-refractivity contribution in [1.29, 1.82) is 0 Å². The molecule has 176 valence electrons. The summed E-state index contributed by atoms with van der Waals surface area (Å²) in [6.07, 6.45) is 1.96. The molecule has 1 saturated heterocycles. The number of rotatable bonds is 5. The highest BCUT2D eigenvalue weighted by Gasteiger charge is 2.23. The van der Waals surface area contributed by atoms with Gasteiger partial charge < -0.3 is 15.0 Å². The summed E-state index contributed by atoms with van der Waals surface area (Å²) >= 11 is 0. The van der Waals surface area contributed by atoms with Gasteiger partial charge in [-0.15, -0.1) is 0 Å². The Balaban J connectivity index is 1.84. The normalized spacial score (nSPS) is 15.6. The molecule has 0 spiro atoms. The van der Waals surface area contributed by atoms with E-state index in [1.165, 1.54) is 4.57 Å². The van der Waals surface area contributed by atoms with Crippen LogP contribution in [0.3, 0.4) is 0 Å². The summed E-state index contributed by atoms with van der Waals surface area (Å²) in [6.45, 7) is 6.05. The van der Waals surface area contributed by atoms with Crippen LogP contribution in [-0.4, -0.2) is 55.5 Å². The molecule has 4 rings (SSSR count). The van der Waals surface area contributed by atoms with Gasteiger partial charge in [-0.25, -0.2) is 22.8 Å². The quantitative estimate of drug-likeness (QED) is 0.599. The predicted molar refractivity (Wildman–Crippen MR) is 124 cm³/mol. The summed E-state index contributed by atoms with van der Waals surface area (Å²) < 4.78 is 45.0. The number of nitrogens with zero attached hydrogens (tertiary/aromatic N) is 4. The van der Waals surface area contributed by atoms with Crippen LogP contribution < -0.4 is 15.8 Å². The molecule has 1 fully saturated rings. The predicted octanol–water partition coefficient (Wildman–Crippen LogP) is 2.19. The molecule has 3 aromatic rings. The molecule has 9 nitrogen and oxygen atoms in total. The van der Waals surface area contributed by atoms with E-state index < -0.39 is 21.7 Å². The molecule has 11 heteroatoms. The average Bonchev–Trinajstić information content (AvgIpc) is 2.77. The van der Waals surface area contributed by atoms with E-state index >= 15 is 0 Å². The monoisotopic (exact) mass is 475 g/mol. The van der Waals surface area contributed by atoms with Gasteiger partial charge in [-0.2, -0.15) is 0 Å². The highest BCUT2D eigenvalue weighted by Crippen LogP contribution is 2.29. The zero-order valence-corrected chi connectivity index (χ0v) is 19.7. The third-order valence-electron chi connectivity index (χ3n) is 5.66. The van der Waals surface area contributed by atoms with Crippen LogP contribution in [0.25, 0.3) is 10.9 Å². The zero-order valence-electron chi connectivity index (χ0n) is 18.9. The smallest absolute Gasteiger partial charge is 0.262 e. The van der Waals surface area contributed by atoms with Gasteiger partial charge in [0.05, 0.1) is 36.4 Å². The van der Waals surface area contributed by atoms with Crippen LogP contribution in [0.1, 0.15) is 24.1 Å². The Kier molecular flexibility index (Phi) is 6.10. The van der Waals surface area contributed by atoms with Crippen LogP contribution in [0.5, 0.6) is 0 Å². The molecule has 1 N–H and O–H groups in total. The van der Waals surface area contributed by atoms with Crippen molar-refractivity contribution in [3.8, 4) is 0 Å².